The molecule has 20 heavy (non-hydrogen) atoms. The fourth-order valence-corrected chi connectivity index (χ4v) is 3.03. The summed E-state index contributed by atoms with van der Waals surface area (Å²) in [7, 11) is 1.72. The van der Waals surface area contributed by atoms with Crippen LogP contribution in [0.2, 0.25) is 0 Å². The van der Waals surface area contributed by atoms with Crippen LogP contribution in [0.1, 0.15) is 31.9 Å². The van der Waals surface area contributed by atoms with Crippen LogP contribution < -0.4 is 15.0 Å². The highest BCUT2D eigenvalue weighted by Gasteiger charge is 2.26. The van der Waals surface area contributed by atoms with Gasteiger partial charge in [-0.3, -0.25) is 0 Å². The molecule has 1 fully saturated rings. The Labute approximate surface area is 121 Å². The van der Waals surface area contributed by atoms with Gasteiger partial charge in [0, 0.05) is 42.9 Å². The first-order valence-corrected chi connectivity index (χ1v) is 7.47. The molecule has 1 aliphatic rings. The van der Waals surface area contributed by atoms with Crippen molar-refractivity contribution >= 4 is 5.69 Å². The Morgan fingerprint density at radius 2 is 2.30 bits per heavy atom. The molecule has 1 aromatic carbocycles. The normalized spacial score (nSPS) is 20.2. The van der Waals surface area contributed by atoms with Crippen molar-refractivity contribution < 1.29 is 9.84 Å². The van der Waals surface area contributed by atoms with Crippen molar-refractivity contribution in [3.05, 3.63) is 23.8 Å². The maximum Gasteiger partial charge on any atom is 0.125 e. The van der Waals surface area contributed by atoms with Crippen LogP contribution in [0.5, 0.6) is 5.75 Å². The second kappa shape index (κ2) is 6.95. The largest absolute Gasteiger partial charge is 0.496 e. The van der Waals surface area contributed by atoms with Gasteiger partial charge in [0.2, 0.25) is 0 Å². The molecule has 0 aromatic heterocycles. The third kappa shape index (κ3) is 3.07. The number of anilines is 1. The van der Waals surface area contributed by atoms with E-state index in [1.165, 1.54) is 11.3 Å². The number of nitrogens with one attached hydrogen (secondary N) is 1. The van der Waals surface area contributed by atoms with Crippen LogP contribution in [-0.2, 0) is 0 Å². The quantitative estimate of drug-likeness (QED) is 0.837. The first kappa shape index (κ1) is 15.1. The van der Waals surface area contributed by atoms with E-state index in [-0.39, 0.29) is 12.6 Å². The van der Waals surface area contributed by atoms with Crippen molar-refractivity contribution in [2.75, 3.05) is 38.3 Å². The molecule has 2 N–H and O–H groups in total. The molecular weight excluding hydrogens is 252 g/mol. The number of benzene rings is 1. The molecule has 0 bridgehead atoms. The molecular formula is C16H26N2O2. The summed E-state index contributed by atoms with van der Waals surface area (Å²) in [5.74, 6) is 1.33. The number of aliphatic hydroxyl groups is 1. The third-order valence-electron chi connectivity index (χ3n) is 4.09. The standard InChI is InChI=1S/C16H26N2O2/c1-4-17-12(2)16-14(6-5-7-15(16)20-3)18-9-8-13(10-18)11-19/h5-7,12-13,17,19H,4,8-11H2,1-3H3. The minimum absolute atomic E-state index is 0.249. The zero-order valence-electron chi connectivity index (χ0n) is 12.7. The third-order valence-corrected chi connectivity index (χ3v) is 4.09. The smallest absolute Gasteiger partial charge is 0.125 e. The van der Waals surface area contributed by atoms with Gasteiger partial charge in [-0.25, -0.2) is 0 Å². The van der Waals surface area contributed by atoms with Gasteiger partial charge in [-0.15, -0.1) is 0 Å². The maximum absolute atomic E-state index is 9.33. The van der Waals surface area contributed by atoms with Gasteiger partial charge in [0.15, 0.2) is 0 Å². The zero-order chi connectivity index (χ0) is 14.5. The van der Waals surface area contributed by atoms with Gasteiger partial charge in [0.1, 0.15) is 5.75 Å². The molecule has 1 heterocycles. The van der Waals surface area contributed by atoms with E-state index in [0.717, 1.165) is 31.8 Å². The summed E-state index contributed by atoms with van der Waals surface area (Å²) in [5.41, 5.74) is 2.45. The summed E-state index contributed by atoms with van der Waals surface area (Å²) < 4.78 is 5.55. The van der Waals surface area contributed by atoms with Crippen LogP contribution in [0.15, 0.2) is 18.2 Å². The molecule has 0 radical (unpaired) electrons. The lowest BCUT2D eigenvalue weighted by atomic mass is 10.0. The van der Waals surface area contributed by atoms with E-state index in [4.69, 9.17) is 4.74 Å². The Kier molecular flexibility index (Phi) is 5.26. The van der Waals surface area contributed by atoms with E-state index in [1.807, 2.05) is 12.1 Å². The lowest BCUT2D eigenvalue weighted by Crippen LogP contribution is -2.25. The van der Waals surface area contributed by atoms with Crippen molar-refractivity contribution in [2.24, 2.45) is 5.92 Å². The Morgan fingerprint density at radius 3 is 2.90 bits per heavy atom. The predicted octanol–water partition coefficient (Wildman–Crippen LogP) is 2.18. The SMILES string of the molecule is CCNC(C)c1c(OC)cccc1N1CCC(CO)C1. The summed E-state index contributed by atoms with van der Waals surface area (Å²) in [6, 6.07) is 6.47. The fraction of sp³-hybridized carbons (Fsp3) is 0.625. The molecule has 2 unspecified atom stereocenters. The van der Waals surface area contributed by atoms with Crippen LogP contribution in [0.25, 0.3) is 0 Å². The summed E-state index contributed by atoms with van der Waals surface area (Å²) in [6.45, 7) is 7.42. The highest BCUT2D eigenvalue weighted by Crippen LogP contribution is 2.36. The average Bonchev–Trinajstić information content (AvgIpc) is 2.95. The molecule has 2 atom stereocenters. The summed E-state index contributed by atoms with van der Waals surface area (Å²) in [5, 5.41) is 12.8. The molecule has 0 saturated carbocycles. The topological polar surface area (TPSA) is 44.7 Å². The fourth-order valence-electron chi connectivity index (χ4n) is 3.03. The summed E-state index contributed by atoms with van der Waals surface area (Å²) >= 11 is 0. The molecule has 0 spiro atoms. The highest BCUT2D eigenvalue weighted by atomic mass is 16.5. The second-order valence-electron chi connectivity index (χ2n) is 5.46. The van der Waals surface area contributed by atoms with Crippen molar-refractivity contribution in [3.63, 3.8) is 0 Å². The van der Waals surface area contributed by atoms with Gasteiger partial charge in [0.25, 0.3) is 0 Å². The van der Waals surface area contributed by atoms with E-state index >= 15 is 0 Å². The number of rotatable bonds is 6. The van der Waals surface area contributed by atoms with Crippen LogP contribution >= 0.6 is 0 Å². The molecule has 1 saturated heterocycles. The Hall–Kier alpha value is -1.26. The first-order valence-electron chi connectivity index (χ1n) is 7.47. The van der Waals surface area contributed by atoms with Crippen molar-refractivity contribution in [1.82, 2.24) is 5.32 Å². The number of nitrogens with zero attached hydrogens (tertiary/aromatic N) is 1. The van der Waals surface area contributed by atoms with Crippen LogP contribution in [-0.4, -0.2) is 38.5 Å². The van der Waals surface area contributed by atoms with Gasteiger partial charge in [-0.2, -0.15) is 0 Å². The van der Waals surface area contributed by atoms with Crippen molar-refractivity contribution in [1.29, 1.82) is 0 Å². The Morgan fingerprint density at radius 1 is 1.50 bits per heavy atom. The van der Waals surface area contributed by atoms with E-state index < -0.39 is 0 Å². The van der Waals surface area contributed by atoms with Crippen molar-refractivity contribution in [3.8, 4) is 5.75 Å². The number of hydrogen-bond acceptors (Lipinski definition) is 4. The van der Waals surface area contributed by atoms with Gasteiger partial charge >= 0.3 is 0 Å². The maximum atomic E-state index is 9.33. The molecule has 112 valence electrons. The number of methoxy groups -OCH3 is 1. The van der Waals surface area contributed by atoms with E-state index in [2.05, 4.69) is 30.1 Å². The van der Waals surface area contributed by atoms with E-state index in [9.17, 15) is 5.11 Å². The lowest BCUT2D eigenvalue weighted by molar-refractivity contribution is 0.238. The van der Waals surface area contributed by atoms with Gasteiger partial charge < -0.3 is 20.1 Å². The molecule has 0 aliphatic carbocycles. The molecule has 1 aromatic rings. The molecule has 2 rings (SSSR count). The van der Waals surface area contributed by atoms with Gasteiger partial charge in [0.05, 0.1) is 7.11 Å². The van der Waals surface area contributed by atoms with E-state index in [0.29, 0.717) is 5.92 Å². The van der Waals surface area contributed by atoms with Crippen LogP contribution in [0.3, 0.4) is 0 Å². The Bertz CT molecular complexity index is 436. The van der Waals surface area contributed by atoms with E-state index in [1.54, 1.807) is 7.11 Å². The molecule has 0 amide bonds. The lowest BCUT2D eigenvalue weighted by Gasteiger charge is -2.27. The number of ether oxygens (including phenoxy) is 1. The first-order chi connectivity index (χ1) is 9.71. The predicted molar refractivity (Wildman–Crippen MR) is 82.5 cm³/mol. The minimum atomic E-state index is 0.249. The number of aliphatic hydroxyl groups excluding tert-OH is 1. The molecule has 1 aliphatic heterocycles. The zero-order valence-corrected chi connectivity index (χ0v) is 12.7. The molecule has 4 nitrogen and oxygen atoms in total. The summed E-state index contributed by atoms with van der Waals surface area (Å²) in [4.78, 5) is 2.37. The minimum Gasteiger partial charge on any atom is -0.496 e. The Balaban J connectivity index is 2.32. The summed E-state index contributed by atoms with van der Waals surface area (Å²) in [6.07, 6.45) is 1.06. The average molecular weight is 278 g/mol. The van der Waals surface area contributed by atoms with Crippen LogP contribution in [0, 0.1) is 5.92 Å². The number of hydrogen-bond donors (Lipinski definition) is 2. The van der Waals surface area contributed by atoms with Crippen molar-refractivity contribution in [2.45, 2.75) is 26.3 Å². The van der Waals surface area contributed by atoms with Crippen LogP contribution in [0.4, 0.5) is 5.69 Å². The van der Waals surface area contributed by atoms with Gasteiger partial charge in [-0.05, 0) is 32.0 Å². The van der Waals surface area contributed by atoms with Gasteiger partial charge in [-0.1, -0.05) is 13.0 Å². The second-order valence-corrected chi connectivity index (χ2v) is 5.46. The monoisotopic (exact) mass is 278 g/mol. The highest BCUT2D eigenvalue weighted by molar-refractivity contribution is 5.61. The molecule has 4 heteroatoms.